The van der Waals surface area contributed by atoms with Gasteiger partial charge in [0.05, 0.1) is 12.7 Å². The van der Waals surface area contributed by atoms with E-state index in [1.54, 1.807) is 18.2 Å². The molecule has 2 aliphatic heterocycles. The first-order chi connectivity index (χ1) is 15.2. The second-order valence-electron chi connectivity index (χ2n) is 8.94. The largest absolute Gasteiger partial charge is 0.508 e. The van der Waals surface area contributed by atoms with Crippen LogP contribution in [0.2, 0.25) is 0 Å². The smallest absolute Gasteiger partial charge is 0.168 e. The fourth-order valence-corrected chi connectivity index (χ4v) is 4.38. The number of aromatic hydroxyl groups is 2. The number of rotatable bonds is 5. The highest BCUT2D eigenvalue weighted by molar-refractivity contribution is 5.64. The molecule has 2 atom stereocenters. The quantitative estimate of drug-likeness (QED) is 0.579. The molecule has 3 N–H and O–H groups in total. The van der Waals surface area contributed by atoms with Gasteiger partial charge in [-0.05, 0) is 52.7 Å². The van der Waals surface area contributed by atoms with Gasteiger partial charge < -0.3 is 29.5 Å². The fourth-order valence-electron chi connectivity index (χ4n) is 4.38. The second-order valence-corrected chi connectivity index (χ2v) is 8.94. The molecule has 0 saturated heterocycles. The second kappa shape index (κ2) is 8.10. The number of allylic oxidation sites excluding steroid dienone is 4. The molecule has 6 nitrogen and oxygen atoms in total. The predicted octanol–water partition coefficient (Wildman–Crippen LogP) is 4.84. The zero-order chi connectivity index (χ0) is 23.2. The van der Waals surface area contributed by atoms with Crippen LogP contribution in [0.15, 0.2) is 41.5 Å². The topological polar surface area (TPSA) is 88.4 Å². The van der Waals surface area contributed by atoms with Gasteiger partial charge in [-0.25, -0.2) is 0 Å². The highest BCUT2D eigenvalue weighted by Crippen LogP contribution is 2.59. The lowest BCUT2D eigenvalue weighted by atomic mass is 9.82. The van der Waals surface area contributed by atoms with Crippen molar-refractivity contribution < 1.29 is 29.5 Å². The Hall–Kier alpha value is -3.12. The first-order valence-corrected chi connectivity index (χ1v) is 10.7. The predicted molar refractivity (Wildman–Crippen MR) is 122 cm³/mol. The van der Waals surface area contributed by atoms with Crippen molar-refractivity contribution >= 4 is 0 Å². The van der Waals surface area contributed by atoms with Crippen LogP contribution in [0.5, 0.6) is 28.7 Å². The number of hydrogen-bond acceptors (Lipinski definition) is 6. The summed E-state index contributed by atoms with van der Waals surface area (Å²) in [6.45, 7) is 7.91. The summed E-state index contributed by atoms with van der Waals surface area (Å²) in [5, 5.41) is 32.9. The van der Waals surface area contributed by atoms with E-state index in [1.165, 1.54) is 7.11 Å². The molecule has 0 aromatic heterocycles. The van der Waals surface area contributed by atoms with Crippen LogP contribution in [0.25, 0.3) is 0 Å². The van der Waals surface area contributed by atoms with Crippen LogP contribution < -0.4 is 14.2 Å². The number of phenolic OH excluding ortho intramolecular Hbond substituents is 2. The summed E-state index contributed by atoms with van der Waals surface area (Å²) in [6.07, 6.45) is 4.15. The first-order valence-electron chi connectivity index (χ1n) is 10.7. The lowest BCUT2D eigenvalue weighted by molar-refractivity contribution is -0.0873. The molecule has 2 aromatic carbocycles. The molecule has 2 aromatic rings. The van der Waals surface area contributed by atoms with Gasteiger partial charge in [-0.2, -0.15) is 0 Å². The van der Waals surface area contributed by atoms with Gasteiger partial charge in [-0.1, -0.05) is 23.3 Å². The maximum Gasteiger partial charge on any atom is 0.168 e. The maximum atomic E-state index is 11.7. The third kappa shape index (κ3) is 3.48. The van der Waals surface area contributed by atoms with E-state index < -0.39 is 11.7 Å². The van der Waals surface area contributed by atoms with E-state index in [2.05, 4.69) is 0 Å². The molecule has 0 fully saturated rings. The average molecular weight is 439 g/mol. The molecule has 170 valence electrons. The zero-order valence-electron chi connectivity index (χ0n) is 19.2. The standard InChI is InChI=1S/C26H30O6/c1-14(2)6-8-16-19(27)11-10-18-23(16)32-25-22-21(31-13-26(18,25)29)12-20(28)17(24(22)30-5)9-7-15(3)4/h6-7,10-12,25,27-29H,8-9,13H2,1-5H3. The van der Waals surface area contributed by atoms with Crippen LogP contribution in [-0.2, 0) is 18.4 Å². The Balaban J connectivity index is 1.87. The molecule has 32 heavy (non-hydrogen) atoms. The summed E-state index contributed by atoms with van der Waals surface area (Å²) in [6, 6.07) is 4.82. The molecule has 6 heteroatoms. The van der Waals surface area contributed by atoms with Crippen molar-refractivity contribution in [3.8, 4) is 28.7 Å². The van der Waals surface area contributed by atoms with Gasteiger partial charge in [0.25, 0.3) is 0 Å². The van der Waals surface area contributed by atoms with E-state index in [9.17, 15) is 15.3 Å². The SMILES string of the molecule is COc1c(CC=C(C)C)c(O)cc2c1C1Oc3c(ccc(O)c3CC=C(C)C)C1(O)CO2. The van der Waals surface area contributed by atoms with E-state index in [1.807, 2.05) is 39.8 Å². The van der Waals surface area contributed by atoms with Gasteiger partial charge in [-0.15, -0.1) is 0 Å². The number of fused-ring (bicyclic) bond motifs is 5. The summed E-state index contributed by atoms with van der Waals surface area (Å²) in [5.74, 6) is 1.50. The minimum absolute atomic E-state index is 0.0412. The lowest BCUT2D eigenvalue weighted by Gasteiger charge is -2.36. The van der Waals surface area contributed by atoms with Crippen LogP contribution in [0.3, 0.4) is 0 Å². The van der Waals surface area contributed by atoms with E-state index in [-0.39, 0.29) is 18.1 Å². The average Bonchev–Trinajstić information content (AvgIpc) is 3.03. The van der Waals surface area contributed by atoms with E-state index in [0.29, 0.717) is 52.3 Å². The minimum atomic E-state index is -1.45. The van der Waals surface area contributed by atoms with Crippen molar-refractivity contribution in [2.75, 3.05) is 13.7 Å². The number of benzene rings is 2. The number of methoxy groups -OCH3 is 1. The van der Waals surface area contributed by atoms with Crippen molar-refractivity contribution in [1.29, 1.82) is 0 Å². The van der Waals surface area contributed by atoms with Gasteiger partial charge >= 0.3 is 0 Å². The van der Waals surface area contributed by atoms with E-state index in [4.69, 9.17) is 14.2 Å². The third-order valence-corrected chi connectivity index (χ3v) is 6.08. The highest BCUT2D eigenvalue weighted by Gasteiger charge is 2.55. The lowest BCUT2D eigenvalue weighted by Crippen LogP contribution is -2.41. The molecule has 0 amide bonds. The molecule has 2 aliphatic rings. The van der Waals surface area contributed by atoms with Crippen molar-refractivity contribution in [3.63, 3.8) is 0 Å². The normalized spacial score (nSPS) is 20.2. The molecule has 0 radical (unpaired) electrons. The Morgan fingerprint density at radius 1 is 1.06 bits per heavy atom. The number of phenols is 2. The Bertz CT molecular complexity index is 1120. The van der Waals surface area contributed by atoms with Crippen molar-refractivity contribution in [1.82, 2.24) is 0 Å². The van der Waals surface area contributed by atoms with Gasteiger partial charge in [0.2, 0.25) is 0 Å². The number of ether oxygens (including phenoxy) is 3. The molecule has 0 spiro atoms. The summed E-state index contributed by atoms with van der Waals surface area (Å²) >= 11 is 0. The Morgan fingerprint density at radius 2 is 1.72 bits per heavy atom. The summed E-state index contributed by atoms with van der Waals surface area (Å²) < 4.78 is 18.0. The van der Waals surface area contributed by atoms with Crippen LogP contribution in [0.1, 0.15) is 56.1 Å². The van der Waals surface area contributed by atoms with Crippen LogP contribution >= 0.6 is 0 Å². The van der Waals surface area contributed by atoms with Crippen LogP contribution in [-0.4, -0.2) is 29.0 Å². The molecule has 4 rings (SSSR count). The Kier molecular flexibility index (Phi) is 5.59. The van der Waals surface area contributed by atoms with Crippen molar-refractivity contribution in [2.45, 2.75) is 52.2 Å². The molecule has 0 saturated carbocycles. The van der Waals surface area contributed by atoms with Crippen molar-refractivity contribution in [3.05, 3.63) is 63.8 Å². The van der Waals surface area contributed by atoms with E-state index in [0.717, 1.165) is 11.1 Å². The van der Waals surface area contributed by atoms with Crippen LogP contribution in [0, 0.1) is 0 Å². The van der Waals surface area contributed by atoms with Gasteiger partial charge in [0.15, 0.2) is 11.7 Å². The molecule has 0 aliphatic carbocycles. The summed E-state index contributed by atoms with van der Waals surface area (Å²) in [7, 11) is 1.53. The molecular formula is C26H30O6. The number of hydrogen-bond donors (Lipinski definition) is 3. The molecule has 2 unspecified atom stereocenters. The monoisotopic (exact) mass is 438 g/mol. The zero-order valence-corrected chi connectivity index (χ0v) is 19.2. The first kappa shape index (κ1) is 22.1. The number of aliphatic hydroxyl groups is 1. The summed E-state index contributed by atoms with van der Waals surface area (Å²) in [5.41, 5.74) is 3.13. The third-order valence-electron chi connectivity index (χ3n) is 6.08. The summed E-state index contributed by atoms with van der Waals surface area (Å²) in [4.78, 5) is 0. The van der Waals surface area contributed by atoms with Gasteiger partial charge in [-0.3, -0.25) is 0 Å². The van der Waals surface area contributed by atoms with Gasteiger partial charge in [0, 0.05) is 22.8 Å². The van der Waals surface area contributed by atoms with Crippen molar-refractivity contribution in [2.24, 2.45) is 0 Å². The van der Waals surface area contributed by atoms with Crippen LogP contribution in [0.4, 0.5) is 0 Å². The molecule has 2 heterocycles. The Morgan fingerprint density at radius 3 is 2.34 bits per heavy atom. The highest BCUT2D eigenvalue weighted by atomic mass is 16.5. The van der Waals surface area contributed by atoms with Gasteiger partial charge in [0.1, 0.15) is 35.4 Å². The molecule has 0 bridgehead atoms. The molecular weight excluding hydrogens is 408 g/mol. The minimum Gasteiger partial charge on any atom is -0.508 e. The fraction of sp³-hybridized carbons (Fsp3) is 0.385. The Labute approximate surface area is 188 Å². The van der Waals surface area contributed by atoms with E-state index >= 15 is 0 Å². The maximum absolute atomic E-state index is 11.7.